The second-order valence-corrected chi connectivity index (χ2v) is 4.57. The Balaban J connectivity index is 2.56. The molecule has 2 nitrogen and oxygen atoms in total. The standard InChI is InChI=1S/C16H14O2/c1-3-11-8-10(2)16-13(9-11)15(17)12-6-4-5-7-14(12)18-16/h4-9H,3H2,1-2H3. The van der Waals surface area contributed by atoms with E-state index < -0.39 is 0 Å². The highest BCUT2D eigenvalue weighted by Crippen LogP contribution is 2.23. The number of benzene rings is 2. The van der Waals surface area contributed by atoms with E-state index >= 15 is 0 Å². The number of para-hydroxylation sites is 1. The fourth-order valence-electron chi connectivity index (χ4n) is 2.36. The van der Waals surface area contributed by atoms with Crippen molar-refractivity contribution in [1.29, 1.82) is 0 Å². The first-order valence-corrected chi connectivity index (χ1v) is 6.16. The number of fused-ring (bicyclic) bond motifs is 2. The van der Waals surface area contributed by atoms with Gasteiger partial charge in [0.25, 0.3) is 0 Å². The Morgan fingerprint density at radius 2 is 1.89 bits per heavy atom. The molecular weight excluding hydrogens is 224 g/mol. The Bertz CT molecular complexity index is 797. The van der Waals surface area contributed by atoms with E-state index in [4.69, 9.17) is 4.42 Å². The van der Waals surface area contributed by atoms with E-state index in [-0.39, 0.29) is 5.43 Å². The van der Waals surface area contributed by atoms with Gasteiger partial charge in [-0.1, -0.05) is 25.1 Å². The minimum Gasteiger partial charge on any atom is -0.456 e. The lowest BCUT2D eigenvalue weighted by Crippen LogP contribution is -2.03. The zero-order valence-electron chi connectivity index (χ0n) is 10.5. The van der Waals surface area contributed by atoms with Crippen LogP contribution >= 0.6 is 0 Å². The minimum absolute atomic E-state index is 0.0604. The molecule has 0 aliphatic heterocycles. The van der Waals surface area contributed by atoms with Crippen molar-refractivity contribution in [2.45, 2.75) is 20.3 Å². The third-order valence-corrected chi connectivity index (χ3v) is 3.33. The summed E-state index contributed by atoms with van der Waals surface area (Å²) in [6.07, 6.45) is 0.920. The summed E-state index contributed by atoms with van der Waals surface area (Å²) in [5, 5.41) is 1.34. The first-order valence-electron chi connectivity index (χ1n) is 6.16. The molecule has 0 aliphatic carbocycles. The normalized spacial score (nSPS) is 11.2. The van der Waals surface area contributed by atoms with Crippen molar-refractivity contribution in [3.63, 3.8) is 0 Å². The zero-order chi connectivity index (χ0) is 12.7. The molecule has 3 rings (SSSR count). The first-order chi connectivity index (χ1) is 8.70. The van der Waals surface area contributed by atoms with Crippen LogP contribution in [0.5, 0.6) is 0 Å². The van der Waals surface area contributed by atoms with E-state index in [0.717, 1.165) is 12.0 Å². The van der Waals surface area contributed by atoms with Gasteiger partial charge >= 0.3 is 0 Å². The molecule has 3 aromatic rings. The monoisotopic (exact) mass is 238 g/mol. The van der Waals surface area contributed by atoms with Crippen molar-refractivity contribution in [2.75, 3.05) is 0 Å². The molecule has 0 bridgehead atoms. The maximum atomic E-state index is 12.4. The van der Waals surface area contributed by atoms with Crippen molar-refractivity contribution < 1.29 is 4.42 Å². The Hall–Kier alpha value is -2.09. The summed E-state index contributed by atoms with van der Waals surface area (Å²) < 4.78 is 5.86. The van der Waals surface area contributed by atoms with E-state index in [1.54, 1.807) is 0 Å². The molecule has 0 saturated heterocycles. The molecule has 1 heterocycles. The molecule has 0 unspecified atom stereocenters. The molecule has 0 radical (unpaired) electrons. The van der Waals surface area contributed by atoms with Crippen LogP contribution in [0.3, 0.4) is 0 Å². The van der Waals surface area contributed by atoms with Crippen LogP contribution in [-0.2, 0) is 6.42 Å². The average molecular weight is 238 g/mol. The van der Waals surface area contributed by atoms with Crippen LogP contribution in [0.4, 0.5) is 0 Å². The second-order valence-electron chi connectivity index (χ2n) is 4.57. The molecule has 0 fully saturated rings. The largest absolute Gasteiger partial charge is 0.456 e. The third kappa shape index (κ3) is 1.53. The van der Waals surface area contributed by atoms with Crippen LogP contribution in [0.25, 0.3) is 21.9 Å². The van der Waals surface area contributed by atoms with Crippen molar-refractivity contribution in [3.05, 3.63) is 57.7 Å². The Morgan fingerprint density at radius 1 is 1.11 bits per heavy atom. The predicted molar refractivity (Wildman–Crippen MR) is 74.1 cm³/mol. The molecule has 90 valence electrons. The fraction of sp³-hybridized carbons (Fsp3) is 0.188. The third-order valence-electron chi connectivity index (χ3n) is 3.33. The van der Waals surface area contributed by atoms with E-state index in [1.807, 2.05) is 37.3 Å². The van der Waals surface area contributed by atoms with Gasteiger partial charge < -0.3 is 4.42 Å². The predicted octanol–water partition coefficient (Wildman–Crippen LogP) is 3.82. The average Bonchev–Trinajstić information content (AvgIpc) is 2.40. The van der Waals surface area contributed by atoms with Crippen LogP contribution in [0.15, 0.2) is 45.6 Å². The number of rotatable bonds is 1. The van der Waals surface area contributed by atoms with Gasteiger partial charge in [0, 0.05) is 0 Å². The Morgan fingerprint density at radius 3 is 2.67 bits per heavy atom. The van der Waals surface area contributed by atoms with Crippen molar-refractivity contribution in [1.82, 2.24) is 0 Å². The van der Waals surface area contributed by atoms with Gasteiger partial charge in [-0.2, -0.15) is 0 Å². The first kappa shape index (κ1) is 11.0. The Labute approximate surface area is 105 Å². The number of hydrogen-bond acceptors (Lipinski definition) is 2. The summed E-state index contributed by atoms with van der Waals surface area (Å²) in [4.78, 5) is 12.4. The van der Waals surface area contributed by atoms with E-state index in [2.05, 4.69) is 13.0 Å². The summed E-state index contributed by atoms with van der Waals surface area (Å²) in [6, 6.07) is 11.4. The summed E-state index contributed by atoms with van der Waals surface area (Å²) in [7, 11) is 0. The highest BCUT2D eigenvalue weighted by atomic mass is 16.3. The van der Waals surface area contributed by atoms with Crippen LogP contribution < -0.4 is 5.43 Å². The van der Waals surface area contributed by atoms with E-state index in [1.165, 1.54) is 5.56 Å². The SMILES string of the molecule is CCc1cc(C)c2oc3ccccc3c(=O)c2c1. The molecule has 0 atom stereocenters. The molecule has 0 aliphatic rings. The maximum Gasteiger partial charge on any atom is 0.200 e. The van der Waals surface area contributed by atoms with Gasteiger partial charge in [-0.25, -0.2) is 0 Å². The van der Waals surface area contributed by atoms with Crippen LogP contribution in [0, 0.1) is 6.92 Å². The van der Waals surface area contributed by atoms with E-state index in [9.17, 15) is 4.79 Å². The molecule has 0 spiro atoms. The zero-order valence-corrected chi connectivity index (χ0v) is 10.5. The molecular formula is C16H14O2. The summed E-state index contributed by atoms with van der Waals surface area (Å²) in [5.41, 5.74) is 3.61. The van der Waals surface area contributed by atoms with Crippen molar-refractivity contribution >= 4 is 21.9 Å². The molecule has 1 aromatic heterocycles. The summed E-state index contributed by atoms with van der Waals surface area (Å²) >= 11 is 0. The van der Waals surface area contributed by atoms with Gasteiger partial charge in [-0.15, -0.1) is 0 Å². The van der Waals surface area contributed by atoms with Gasteiger partial charge in [0.1, 0.15) is 11.2 Å². The number of hydrogen-bond donors (Lipinski definition) is 0. The Kier molecular flexibility index (Phi) is 2.44. The highest BCUT2D eigenvalue weighted by Gasteiger charge is 2.09. The van der Waals surface area contributed by atoms with Gasteiger partial charge in [-0.05, 0) is 42.7 Å². The lowest BCUT2D eigenvalue weighted by Gasteiger charge is -2.06. The fourth-order valence-corrected chi connectivity index (χ4v) is 2.36. The van der Waals surface area contributed by atoms with E-state index in [0.29, 0.717) is 21.9 Å². The topological polar surface area (TPSA) is 30.2 Å². The molecule has 2 aromatic carbocycles. The van der Waals surface area contributed by atoms with Crippen molar-refractivity contribution in [3.8, 4) is 0 Å². The minimum atomic E-state index is 0.0604. The van der Waals surface area contributed by atoms with Crippen LogP contribution in [-0.4, -0.2) is 0 Å². The molecule has 0 saturated carbocycles. The van der Waals surface area contributed by atoms with Crippen LogP contribution in [0.1, 0.15) is 18.1 Å². The van der Waals surface area contributed by atoms with Gasteiger partial charge in [0.05, 0.1) is 10.8 Å². The quantitative estimate of drug-likeness (QED) is 0.603. The lowest BCUT2D eigenvalue weighted by molar-refractivity contribution is 0.656. The maximum absolute atomic E-state index is 12.4. The smallest absolute Gasteiger partial charge is 0.200 e. The lowest BCUT2D eigenvalue weighted by atomic mass is 10.0. The van der Waals surface area contributed by atoms with Gasteiger partial charge in [0.2, 0.25) is 5.43 Å². The van der Waals surface area contributed by atoms with Gasteiger partial charge in [-0.3, -0.25) is 4.79 Å². The molecule has 0 amide bonds. The molecule has 0 N–H and O–H groups in total. The summed E-state index contributed by atoms with van der Waals surface area (Å²) in [6.45, 7) is 4.07. The summed E-state index contributed by atoms with van der Waals surface area (Å²) in [5.74, 6) is 0. The molecule has 2 heteroatoms. The highest BCUT2D eigenvalue weighted by molar-refractivity contribution is 5.91. The molecule has 18 heavy (non-hydrogen) atoms. The van der Waals surface area contributed by atoms with Crippen molar-refractivity contribution in [2.24, 2.45) is 0 Å². The second kappa shape index (κ2) is 3.98. The van der Waals surface area contributed by atoms with Crippen LogP contribution in [0.2, 0.25) is 0 Å². The van der Waals surface area contributed by atoms with Gasteiger partial charge in [0.15, 0.2) is 0 Å². The number of aryl methyl sites for hydroxylation is 2.